The van der Waals surface area contributed by atoms with Crippen LogP contribution in [0, 0.1) is 0 Å². The maximum atomic E-state index is 12.1. The Morgan fingerprint density at radius 3 is 2.68 bits per heavy atom. The molecule has 2 rings (SSSR count). The van der Waals surface area contributed by atoms with Gasteiger partial charge in [0.25, 0.3) is 5.56 Å². The van der Waals surface area contributed by atoms with Crippen molar-refractivity contribution in [2.75, 3.05) is 6.54 Å². The molecule has 1 amide bonds. The number of aromatic amines is 1. The number of nitrogens with one attached hydrogen (secondary N) is 1. The van der Waals surface area contributed by atoms with Crippen LogP contribution in [0.25, 0.3) is 0 Å². The van der Waals surface area contributed by atoms with Gasteiger partial charge in [-0.05, 0) is 12.8 Å². The first-order chi connectivity index (χ1) is 8.79. The van der Waals surface area contributed by atoms with E-state index in [2.05, 4.69) is 9.97 Å². The van der Waals surface area contributed by atoms with Gasteiger partial charge in [-0.15, -0.1) is 0 Å². The van der Waals surface area contributed by atoms with E-state index < -0.39 is 6.09 Å². The van der Waals surface area contributed by atoms with Gasteiger partial charge in [0.05, 0.1) is 17.8 Å². The van der Waals surface area contributed by atoms with Crippen molar-refractivity contribution in [3.05, 3.63) is 27.4 Å². The Labute approximate surface area is 111 Å². The lowest BCUT2D eigenvalue weighted by Gasteiger charge is -2.19. The number of amides is 1. The second kappa shape index (κ2) is 4.68. The average Bonchev–Trinajstić information content (AvgIpc) is 2.50. The zero-order valence-electron chi connectivity index (χ0n) is 11.5. The van der Waals surface area contributed by atoms with Crippen molar-refractivity contribution in [2.45, 2.75) is 45.6 Å². The zero-order valence-corrected chi connectivity index (χ0v) is 11.5. The summed E-state index contributed by atoms with van der Waals surface area (Å²) in [5.74, 6) is 0.653. The van der Waals surface area contributed by atoms with Gasteiger partial charge < -0.3 is 15.0 Å². The van der Waals surface area contributed by atoms with Crippen LogP contribution in [0.1, 0.15) is 44.3 Å². The van der Waals surface area contributed by atoms with Crippen LogP contribution in [0.3, 0.4) is 0 Å². The van der Waals surface area contributed by atoms with Crippen LogP contribution in [0.4, 0.5) is 4.79 Å². The molecule has 2 heterocycles. The number of aromatic nitrogens is 2. The molecule has 6 heteroatoms. The summed E-state index contributed by atoms with van der Waals surface area (Å²) in [7, 11) is 0. The molecule has 1 aromatic heterocycles. The molecule has 0 radical (unpaired) electrons. The highest BCUT2D eigenvalue weighted by Gasteiger charge is 2.24. The van der Waals surface area contributed by atoms with Gasteiger partial charge in [-0.1, -0.05) is 20.8 Å². The summed E-state index contributed by atoms with van der Waals surface area (Å²) in [5, 5.41) is 9.06. The molecule has 0 aromatic carbocycles. The molecule has 0 spiro atoms. The zero-order chi connectivity index (χ0) is 14.2. The number of fused-ring (bicyclic) bond motifs is 1. The predicted molar refractivity (Wildman–Crippen MR) is 70.3 cm³/mol. The Morgan fingerprint density at radius 2 is 2.11 bits per heavy atom. The van der Waals surface area contributed by atoms with Crippen LogP contribution in [0.2, 0.25) is 0 Å². The molecule has 0 unspecified atom stereocenters. The third-order valence-electron chi connectivity index (χ3n) is 3.27. The normalized spacial score (nSPS) is 15.8. The van der Waals surface area contributed by atoms with Gasteiger partial charge >= 0.3 is 6.09 Å². The summed E-state index contributed by atoms with van der Waals surface area (Å²) in [5.41, 5.74) is 0.765. The van der Waals surface area contributed by atoms with Gasteiger partial charge in [0, 0.05) is 12.0 Å². The van der Waals surface area contributed by atoms with Crippen molar-refractivity contribution < 1.29 is 9.90 Å². The van der Waals surface area contributed by atoms with E-state index in [4.69, 9.17) is 5.11 Å². The number of hydrogen-bond acceptors (Lipinski definition) is 3. The van der Waals surface area contributed by atoms with Crippen molar-refractivity contribution in [3.8, 4) is 0 Å². The smallest absolute Gasteiger partial charge is 0.407 e. The molecule has 1 aliphatic rings. The fraction of sp³-hybridized carbons (Fsp3) is 0.615. The first kappa shape index (κ1) is 13.6. The largest absolute Gasteiger partial charge is 0.465 e. The molecular weight excluding hydrogens is 246 g/mol. The average molecular weight is 265 g/mol. The van der Waals surface area contributed by atoms with Crippen LogP contribution >= 0.6 is 0 Å². The fourth-order valence-corrected chi connectivity index (χ4v) is 2.14. The fourth-order valence-electron chi connectivity index (χ4n) is 2.14. The van der Waals surface area contributed by atoms with Crippen molar-refractivity contribution in [2.24, 2.45) is 0 Å². The van der Waals surface area contributed by atoms with Gasteiger partial charge in [-0.3, -0.25) is 4.79 Å². The minimum Gasteiger partial charge on any atom is -0.465 e. The Balaban J connectivity index is 2.47. The summed E-state index contributed by atoms with van der Waals surface area (Å²) in [4.78, 5) is 31.7. The van der Waals surface area contributed by atoms with E-state index in [9.17, 15) is 9.59 Å². The van der Waals surface area contributed by atoms with Crippen LogP contribution < -0.4 is 5.56 Å². The van der Waals surface area contributed by atoms with Crippen LogP contribution in [0.5, 0.6) is 0 Å². The second-order valence-electron chi connectivity index (χ2n) is 5.90. The minimum absolute atomic E-state index is 0.122. The van der Waals surface area contributed by atoms with E-state index in [-0.39, 0.29) is 17.5 Å². The molecule has 0 atom stereocenters. The minimum atomic E-state index is -0.993. The highest BCUT2D eigenvalue weighted by atomic mass is 16.4. The molecule has 0 fully saturated rings. The topological polar surface area (TPSA) is 86.3 Å². The molecule has 0 aliphatic carbocycles. The number of rotatable bonds is 0. The van der Waals surface area contributed by atoms with E-state index in [0.29, 0.717) is 30.8 Å². The van der Waals surface area contributed by atoms with Crippen LogP contribution in [-0.4, -0.2) is 32.6 Å². The lowest BCUT2D eigenvalue weighted by atomic mass is 9.95. The molecule has 1 aromatic rings. The lowest BCUT2D eigenvalue weighted by Crippen LogP contribution is -2.32. The van der Waals surface area contributed by atoms with Gasteiger partial charge in [0.2, 0.25) is 0 Å². The monoisotopic (exact) mass is 265 g/mol. The molecule has 6 nitrogen and oxygen atoms in total. The molecule has 2 N–H and O–H groups in total. The number of carboxylic acid groups (broad SMARTS) is 1. The molecule has 104 valence electrons. The van der Waals surface area contributed by atoms with Gasteiger partial charge in [-0.2, -0.15) is 0 Å². The van der Waals surface area contributed by atoms with E-state index >= 15 is 0 Å². The second-order valence-corrected chi connectivity index (χ2v) is 5.90. The summed E-state index contributed by atoms with van der Waals surface area (Å²) in [6.45, 7) is 6.52. The van der Waals surface area contributed by atoms with Crippen LogP contribution in [-0.2, 0) is 18.4 Å². The highest BCUT2D eigenvalue weighted by Crippen LogP contribution is 2.20. The standard InChI is InChI=1S/C13H19N3O3/c1-13(2,3)11-14-9-5-4-6-16(12(18)19)7-8(9)10(17)15-11/h4-7H2,1-3H3,(H,18,19)(H,14,15,17). The first-order valence-electron chi connectivity index (χ1n) is 6.39. The summed E-state index contributed by atoms with van der Waals surface area (Å²) >= 11 is 0. The maximum Gasteiger partial charge on any atom is 0.407 e. The van der Waals surface area contributed by atoms with Crippen molar-refractivity contribution in [1.82, 2.24) is 14.9 Å². The molecule has 0 saturated heterocycles. The molecule has 0 saturated carbocycles. The Hall–Kier alpha value is -1.85. The summed E-state index contributed by atoms with van der Waals surface area (Å²) in [6, 6.07) is 0. The van der Waals surface area contributed by atoms with E-state index in [0.717, 1.165) is 5.69 Å². The SMILES string of the molecule is CC(C)(C)c1nc2c(c(=O)[nH]1)CN(C(=O)O)CCC2. The number of nitrogens with zero attached hydrogens (tertiary/aromatic N) is 2. The number of hydrogen-bond donors (Lipinski definition) is 2. The summed E-state index contributed by atoms with van der Waals surface area (Å²) in [6.07, 6.45) is 0.345. The third kappa shape index (κ3) is 2.77. The maximum absolute atomic E-state index is 12.1. The Morgan fingerprint density at radius 1 is 1.42 bits per heavy atom. The molecule has 1 aliphatic heterocycles. The number of H-pyrrole nitrogens is 1. The van der Waals surface area contributed by atoms with E-state index in [1.54, 1.807) is 0 Å². The van der Waals surface area contributed by atoms with Crippen molar-refractivity contribution in [1.29, 1.82) is 0 Å². The Bertz CT molecular complexity index is 557. The van der Waals surface area contributed by atoms with Gasteiger partial charge in [0.1, 0.15) is 5.82 Å². The quantitative estimate of drug-likeness (QED) is 0.744. The van der Waals surface area contributed by atoms with Crippen molar-refractivity contribution in [3.63, 3.8) is 0 Å². The molecule has 0 bridgehead atoms. The van der Waals surface area contributed by atoms with Gasteiger partial charge in [0.15, 0.2) is 0 Å². The van der Waals surface area contributed by atoms with Gasteiger partial charge in [-0.25, -0.2) is 9.78 Å². The molecule has 19 heavy (non-hydrogen) atoms. The first-order valence-corrected chi connectivity index (χ1v) is 6.39. The highest BCUT2D eigenvalue weighted by molar-refractivity contribution is 5.65. The third-order valence-corrected chi connectivity index (χ3v) is 3.27. The molecular formula is C13H19N3O3. The number of carbonyl (C=O) groups is 1. The van der Waals surface area contributed by atoms with E-state index in [1.807, 2.05) is 20.8 Å². The lowest BCUT2D eigenvalue weighted by molar-refractivity contribution is 0.143. The van der Waals surface area contributed by atoms with Crippen LogP contribution in [0.15, 0.2) is 4.79 Å². The van der Waals surface area contributed by atoms with Crippen molar-refractivity contribution >= 4 is 6.09 Å². The number of aryl methyl sites for hydroxylation is 1. The van der Waals surface area contributed by atoms with E-state index in [1.165, 1.54) is 4.90 Å². The predicted octanol–water partition coefficient (Wildman–Crippen LogP) is 1.49. The summed E-state index contributed by atoms with van der Waals surface area (Å²) < 4.78 is 0. The Kier molecular flexibility index (Phi) is 3.34.